The van der Waals surface area contributed by atoms with Crippen LogP contribution < -0.4 is 0 Å². The van der Waals surface area contributed by atoms with Crippen molar-refractivity contribution in [3.63, 3.8) is 0 Å². The number of hydrogen-bond donors (Lipinski definition) is 1. The molecule has 0 spiro atoms. The number of esters is 1. The third-order valence-electron chi connectivity index (χ3n) is 3.55. The predicted octanol–water partition coefficient (Wildman–Crippen LogP) is 2.37. The van der Waals surface area contributed by atoms with Gasteiger partial charge in [-0.05, 0) is 30.0 Å². The van der Waals surface area contributed by atoms with Crippen LogP contribution in [0.2, 0.25) is 0 Å². The van der Waals surface area contributed by atoms with Crippen LogP contribution in [-0.4, -0.2) is 48.2 Å². The SMILES string of the molecule is CCOC(=O)CCN(CCO)C(=O)c1ccc(C(C)(C)C)cc1. The van der Waals surface area contributed by atoms with E-state index >= 15 is 0 Å². The van der Waals surface area contributed by atoms with E-state index in [0.29, 0.717) is 12.2 Å². The molecular formula is C18H27NO4. The van der Waals surface area contributed by atoms with E-state index in [9.17, 15) is 9.59 Å². The Balaban J connectivity index is 2.78. The van der Waals surface area contributed by atoms with Crippen LogP contribution in [0.3, 0.4) is 0 Å². The van der Waals surface area contributed by atoms with Crippen molar-refractivity contribution in [1.82, 2.24) is 4.90 Å². The van der Waals surface area contributed by atoms with Gasteiger partial charge in [-0.25, -0.2) is 0 Å². The molecule has 1 amide bonds. The average molecular weight is 321 g/mol. The smallest absolute Gasteiger partial charge is 0.307 e. The van der Waals surface area contributed by atoms with Crippen LogP contribution in [-0.2, 0) is 14.9 Å². The third kappa shape index (κ3) is 6.02. The zero-order valence-corrected chi connectivity index (χ0v) is 14.5. The quantitative estimate of drug-likeness (QED) is 0.783. The summed E-state index contributed by atoms with van der Waals surface area (Å²) >= 11 is 0. The molecule has 0 saturated carbocycles. The minimum atomic E-state index is -0.341. The van der Waals surface area contributed by atoms with E-state index in [-0.39, 0.29) is 43.4 Å². The molecule has 1 aromatic rings. The molecule has 128 valence electrons. The molecule has 1 N–H and O–H groups in total. The highest BCUT2D eigenvalue weighted by Gasteiger charge is 2.18. The lowest BCUT2D eigenvalue weighted by molar-refractivity contribution is -0.143. The van der Waals surface area contributed by atoms with Crippen LogP contribution in [0.25, 0.3) is 0 Å². The van der Waals surface area contributed by atoms with E-state index in [1.165, 1.54) is 4.90 Å². The first-order chi connectivity index (χ1) is 10.8. The Kier molecular flexibility index (Phi) is 7.23. The number of aliphatic hydroxyl groups is 1. The van der Waals surface area contributed by atoms with Gasteiger partial charge in [0.1, 0.15) is 0 Å². The fraction of sp³-hybridized carbons (Fsp3) is 0.556. The molecule has 5 nitrogen and oxygen atoms in total. The van der Waals surface area contributed by atoms with Gasteiger partial charge in [0, 0.05) is 18.7 Å². The topological polar surface area (TPSA) is 66.8 Å². The second-order valence-corrected chi connectivity index (χ2v) is 6.40. The van der Waals surface area contributed by atoms with Crippen molar-refractivity contribution in [2.24, 2.45) is 0 Å². The van der Waals surface area contributed by atoms with Gasteiger partial charge in [-0.2, -0.15) is 0 Å². The van der Waals surface area contributed by atoms with Crippen molar-refractivity contribution >= 4 is 11.9 Å². The van der Waals surface area contributed by atoms with Crippen molar-refractivity contribution < 1.29 is 19.4 Å². The van der Waals surface area contributed by atoms with Crippen LogP contribution >= 0.6 is 0 Å². The van der Waals surface area contributed by atoms with E-state index in [2.05, 4.69) is 20.8 Å². The molecule has 0 saturated heterocycles. The number of rotatable bonds is 7. The largest absolute Gasteiger partial charge is 0.466 e. The first-order valence-corrected chi connectivity index (χ1v) is 7.96. The van der Waals surface area contributed by atoms with Gasteiger partial charge in [0.05, 0.1) is 19.6 Å². The maximum Gasteiger partial charge on any atom is 0.307 e. The van der Waals surface area contributed by atoms with Crippen molar-refractivity contribution in [3.8, 4) is 0 Å². The van der Waals surface area contributed by atoms with E-state index in [1.807, 2.05) is 12.1 Å². The summed E-state index contributed by atoms with van der Waals surface area (Å²) in [6.07, 6.45) is 0.125. The molecule has 0 aromatic heterocycles. The summed E-state index contributed by atoms with van der Waals surface area (Å²) in [7, 11) is 0. The van der Waals surface area contributed by atoms with Gasteiger partial charge in [-0.15, -0.1) is 0 Å². The molecule has 0 aliphatic heterocycles. The van der Waals surface area contributed by atoms with Gasteiger partial charge >= 0.3 is 5.97 Å². The normalized spacial score (nSPS) is 11.2. The van der Waals surface area contributed by atoms with Gasteiger partial charge in [-0.1, -0.05) is 32.9 Å². The molecule has 0 aliphatic carbocycles. The number of nitrogens with zero attached hydrogens (tertiary/aromatic N) is 1. The number of ether oxygens (including phenoxy) is 1. The Morgan fingerprint density at radius 1 is 1.13 bits per heavy atom. The zero-order chi connectivity index (χ0) is 17.5. The van der Waals surface area contributed by atoms with Crippen LogP contribution in [0.15, 0.2) is 24.3 Å². The van der Waals surface area contributed by atoms with Crippen LogP contribution in [0, 0.1) is 0 Å². The number of benzene rings is 1. The van der Waals surface area contributed by atoms with E-state index < -0.39 is 0 Å². The molecule has 23 heavy (non-hydrogen) atoms. The lowest BCUT2D eigenvalue weighted by Gasteiger charge is -2.23. The fourth-order valence-corrected chi connectivity index (χ4v) is 2.19. The van der Waals surface area contributed by atoms with Gasteiger partial charge < -0.3 is 14.7 Å². The summed E-state index contributed by atoms with van der Waals surface area (Å²) in [6.45, 7) is 8.68. The highest BCUT2D eigenvalue weighted by atomic mass is 16.5. The highest BCUT2D eigenvalue weighted by molar-refractivity contribution is 5.94. The van der Waals surface area contributed by atoms with Crippen LogP contribution in [0.5, 0.6) is 0 Å². The number of amides is 1. The number of carbonyl (C=O) groups excluding carboxylic acids is 2. The minimum Gasteiger partial charge on any atom is -0.466 e. The summed E-state index contributed by atoms with van der Waals surface area (Å²) in [6, 6.07) is 7.46. The zero-order valence-electron chi connectivity index (χ0n) is 14.5. The first kappa shape index (κ1) is 19.2. The predicted molar refractivity (Wildman–Crippen MR) is 89.4 cm³/mol. The number of hydrogen-bond acceptors (Lipinski definition) is 4. The Morgan fingerprint density at radius 2 is 1.74 bits per heavy atom. The number of aliphatic hydroxyl groups excluding tert-OH is 1. The fourth-order valence-electron chi connectivity index (χ4n) is 2.19. The Hall–Kier alpha value is -1.88. The average Bonchev–Trinajstić information content (AvgIpc) is 2.50. The van der Waals surface area contributed by atoms with Gasteiger partial charge in [-0.3, -0.25) is 9.59 Å². The maximum atomic E-state index is 12.5. The molecule has 5 heteroatoms. The molecule has 0 atom stereocenters. The molecule has 1 aromatic carbocycles. The maximum absolute atomic E-state index is 12.5. The second-order valence-electron chi connectivity index (χ2n) is 6.40. The molecule has 1 rings (SSSR count). The van der Waals surface area contributed by atoms with Crippen LogP contribution in [0.1, 0.15) is 50.0 Å². The van der Waals surface area contributed by atoms with Crippen molar-refractivity contribution in [1.29, 1.82) is 0 Å². The highest BCUT2D eigenvalue weighted by Crippen LogP contribution is 2.22. The summed E-state index contributed by atoms with van der Waals surface area (Å²) < 4.78 is 4.87. The summed E-state index contributed by atoms with van der Waals surface area (Å²) in [5, 5.41) is 9.14. The van der Waals surface area contributed by atoms with Gasteiger partial charge in [0.25, 0.3) is 5.91 Å². The molecule has 0 radical (unpaired) electrons. The molecule has 0 heterocycles. The first-order valence-electron chi connectivity index (χ1n) is 7.96. The lowest BCUT2D eigenvalue weighted by Crippen LogP contribution is -2.35. The Morgan fingerprint density at radius 3 is 2.22 bits per heavy atom. The summed E-state index contributed by atoms with van der Waals surface area (Å²) in [5.41, 5.74) is 1.72. The Labute approximate surface area is 138 Å². The molecule has 0 fully saturated rings. The molecule has 0 bridgehead atoms. The van der Waals surface area contributed by atoms with E-state index in [0.717, 1.165) is 5.56 Å². The van der Waals surface area contributed by atoms with Crippen LogP contribution in [0.4, 0.5) is 0 Å². The Bertz CT molecular complexity index is 517. The third-order valence-corrected chi connectivity index (χ3v) is 3.55. The van der Waals surface area contributed by atoms with E-state index in [4.69, 9.17) is 9.84 Å². The standard InChI is InChI=1S/C18H27NO4/c1-5-23-16(21)10-11-19(12-13-20)17(22)14-6-8-15(9-7-14)18(2,3)4/h6-9,20H,5,10-13H2,1-4H3. The van der Waals surface area contributed by atoms with Gasteiger partial charge in [0.2, 0.25) is 0 Å². The van der Waals surface area contributed by atoms with Crippen molar-refractivity contribution in [3.05, 3.63) is 35.4 Å². The molecule has 0 unspecified atom stereocenters. The summed E-state index contributed by atoms with van der Waals surface area (Å²) in [4.78, 5) is 25.4. The number of carbonyl (C=O) groups is 2. The van der Waals surface area contributed by atoms with E-state index in [1.54, 1.807) is 19.1 Å². The van der Waals surface area contributed by atoms with Gasteiger partial charge in [0.15, 0.2) is 0 Å². The monoisotopic (exact) mass is 321 g/mol. The molecular weight excluding hydrogens is 294 g/mol. The van der Waals surface area contributed by atoms with Crippen molar-refractivity contribution in [2.75, 3.05) is 26.3 Å². The molecule has 0 aliphatic rings. The minimum absolute atomic E-state index is 0.0241. The second kappa shape index (κ2) is 8.67. The van der Waals surface area contributed by atoms with Crippen molar-refractivity contribution in [2.45, 2.75) is 39.5 Å². The lowest BCUT2D eigenvalue weighted by atomic mass is 9.86. The summed E-state index contributed by atoms with van der Waals surface area (Å²) in [5.74, 6) is -0.532.